The zero-order valence-electron chi connectivity index (χ0n) is 24.4. The highest BCUT2D eigenvalue weighted by Gasteiger charge is 2.22. The van der Waals surface area contributed by atoms with Gasteiger partial charge < -0.3 is 20.1 Å². The standard InChI is InChI=1S/C32H37N5O5S/c1-3-4-7-27-30(43(33,39)40)15-14-29(41-2)31(27)36-32(38)35-28-13-12-24(25-8-5-6-9-26(25)28)22-10-11-23(34-20-22)21-37-16-18-42-19-17-37/h5-6,8-15,20H,3-4,7,16-19,21H2,1-2H3,(H2,33,39,40)(H2,35,36,38). The highest BCUT2D eigenvalue weighted by molar-refractivity contribution is 7.89. The van der Waals surface area contributed by atoms with Crippen LogP contribution in [0.3, 0.4) is 0 Å². The van der Waals surface area contributed by atoms with Gasteiger partial charge in [-0.05, 0) is 53.6 Å². The molecule has 0 atom stereocenters. The Morgan fingerprint density at radius 1 is 1.02 bits per heavy atom. The van der Waals surface area contributed by atoms with Gasteiger partial charge in [0.15, 0.2) is 0 Å². The maximum Gasteiger partial charge on any atom is 0.323 e. The average molecular weight is 604 g/mol. The number of carbonyl (C=O) groups excluding carboxylic acids is 1. The first-order valence-corrected chi connectivity index (χ1v) is 15.9. The van der Waals surface area contributed by atoms with Crippen molar-refractivity contribution in [2.45, 2.75) is 37.6 Å². The minimum atomic E-state index is -4.02. The van der Waals surface area contributed by atoms with Crippen molar-refractivity contribution in [3.8, 4) is 16.9 Å². The van der Waals surface area contributed by atoms with Crippen LogP contribution in [-0.4, -0.2) is 57.7 Å². The molecule has 4 aromatic rings. The Morgan fingerprint density at radius 3 is 2.47 bits per heavy atom. The molecule has 1 aliphatic rings. The molecule has 0 spiro atoms. The molecule has 1 fully saturated rings. The van der Waals surface area contributed by atoms with Crippen LogP contribution in [0.2, 0.25) is 0 Å². The quantitative estimate of drug-likeness (QED) is 0.222. The van der Waals surface area contributed by atoms with E-state index in [-0.39, 0.29) is 10.6 Å². The number of unbranched alkanes of at least 4 members (excludes halogenated alkanes) is 1. The molecule has 3 aromatic carbocycles. The van der Waals surface area contributed by atoms with Gasteiger partial charge in [0.25, 0.3) is 0 Å². The van der Waals surface area contributed by atoms with Gasteiger partial charge in [0.1, 0.15) is 5.75 Å². The summed E-state index contributed by atoms with van der Waals surface area (Å²) in [7, 11) is -2.55. The number of nitrogens with one attached hydrogen (secondary N) is 2. The predicted molar refractivity (Wildman–Crippen MR) is 169 cm³/mol. The lowest BCUT2D eigenvalue weighted by Crippen LogP contribution is -2.35. The fourth-order valence-corrected chi connectivity index (χ4v) is 6.18. The largest absolute Gasteiger partial charge is 0.495 e. The van der Waals surface area contributed by atoms with Gasteiger partial charge in [0, 0.05) is 36.8 Å². The van der Waals surface area contributed by atoms with E-state index in [4.69, 9.17) is 19.6 Å². The number of ether oxygens (including phenoxy) is 2. The molecule has 226 valence electrons. The number of aromatic nitrogens is 1. The van der Waals surface area contributed by atoms with Crippen LogP contribution in [0.1, 0.15) is 31.0 Å². The van der Waals surface area contributed by atoms with Gasteiger partial charge in [-0.25, -0.2) is 18.4 Å². The molecule has 11 heteroatoms. The molecule has 0 bridgehead atoms. The van der Waals surface area contributed by atoms with Crippen LogP contribution in [0.15, 0.2) is 71.8 Å². The van der Waals surface area contributed by atoms with E-state index >= 15 is 0 Å². The first-order valence-electron chi connectivity index (χ1n) is 14.4. The topological polar surface area (TPSA) is 136 Å². The van der Waals surface area contributed by atoms with Crippen molar-refractivity contribution < 1.29 is 22.7 Å². The molecule has 1 saturated heterocycles. The molecule has 4 N–H and O–H groups in total. The number of hydrogen-bond donors (Lipinski definition) is 3. The minimum absolute atomic E-state index is 0.0311. The number of nitrogens with zero attached hydrogens (tertiary/aromatic N) is 2. The Labute approximate surface area is 252 Å². The number of amides is 2. The van der Waals surface area contributed by atoms with Crippen LogP contribution in [0.4, 0.5) is 16.2 Å². The Bertz CT molecular complexity index is 1700. The fourth-order valence-electron chi connectivity index (χ4n) is 5.38. The summed E-state index contributed by atoms with van der Waals surface area (Å²) >= 11 is 0. The summed E-state index contributed by atoms with van der Waals surface area (Å²) in [4.78, 5) is 20.4. The van der Waals surface area contributed by atoms with E-state index in [9.17, 15) is 13.2 Å². The maximum absolute atomic E-state index is 13.4. The van der Waals surface area contributed by atoms with Gasteiger partial charge in [0.2, 0.25) is 10.0 Å². The average Bonchev–Trinajstić information content (AvgIpc) is 3.01. The molecule has 2 amide bonds. The maximum atomic E-state index is 13.4. The Kier molecular flexibility index (Phi) is 9.56. The third-order valence-corrected chi connectivity index (χ3v) is 8.57. The third-order valence-electron chi connectivity index (χ3n) is 7.57. The number of methoxy groups -OCH3 is 1. The molecule has 1 aliphatic heterocycles. The van der Waals surface area contributed by atoms with Crippen LogP contribution in [-0.2, 0) is 27.7 Å². The van der Waals surface area contributed by atoms with E-state index < -0.39 is 16.1 Å². The minimum Gasteiger partial charge on any atom is -0.495 e. The van der Waals surface area contributed by atoms with Crippen LogP contribution in [0.5, 0.6) is 5.75 Å². The summed E-state index contributed by atoms with van der Waals surface area (Å²) in [6.07, 6.45) is 3.84. The summed E-state index contributed by atoms with van der Waals surface area (Å²) in [5.41, 5.74) is 4.28. The van der Waals surface area contributed by atoms with E-state index in [0.29, 0.717) is 29.8 Å². The lowest BCUT2D eigenvalue weighted by molar-refractivity contribution is 0.0336. The Morgan fingerprint density at radius 2 is 1.79 bits per heavy atom. The number of nitrogens with two attached hydrogens (primary N) is 1. The molecule has 0 saturated carbocycles. The van der Waals surface area contributed by atoms with Gasteiger partial charge in [-0.1, -0.05) is 49.7 Å². The van der Waals surface area contributed by atoms with E-state index in [1.165, 1.54) is 19.2 Å². The Balaban J connectivity index is 1.41. The normalized spacial score (nSPS) is 14.0. The molecule has 1 aromatic heterocycles. The zero-order chi connectivity index (χ0) is 30.4. The van der Waals surface area contributed by atoms with Gasteiger partial charge in [-0.3, -0.25) is 9.88 Å². The molecule has 5 rings (SSSR count). The van der Waals surface area contributed by atoms with Gasteiger partial charge >= 0.3 is 6.03 Å². The van der Waals surface area contributed by atoms with Crippen molar-refractivity contribution in [2.75, 3.05) is 44.0 Å². The fraction of sp³-hybridized carbons (Fsp3) is 0.312. The van der Waals surface area contributed by atoms with Crippen LogP contribution in [0, 0.1) is 0 Å². The second-order valence-corrected chi connectivity index (χ2v) is 12.0. The van der Waals surface area contributed by atoms with E-state index in [2.05, 4.69) is 27.7 Å². The molecule has 10 nitrogen and oxygen atoms in total. The Hall–Kier alpha value is -4.03. The van der Waals surface area contributed by atoms with Crippen molar-refractivity contribution in [3.63, 3.8) is 0 Å². The number of fused-ring (bicyclic) bond motifs is 1. The smallest absolute Gasteiger partial charge is 0.323 e. The van der Waals surface area contributed by atoms with E-state index in [1.54, 1.807) is 0 Å². The predicted octanol–water partition coefficient (Wildman–Crippen LogP) is 5.38. The summed E-state index contributed by atoms with van der Waals surface area (Å²) < 4.78 is 35.6. The molecular weight excluding hydrogens is 566 g/mol. The number of pyridine rings is 1. The summed E-state index contributed by atoms with van der Waals surface area (Å²) in [5, 5.41) is 13.1. The second-order valence-electron chi connectivity index (χ2n) is 10.5. The molecule has 43 heavy (non-hydrogen) atoms. The summed E-state index contributed by atoms with van der Waals surface area (Å²) in [6.45, 7) is 6.09. The summed E-state index contributed by atoms with van der Waals surface area (Å²) in [5.74, 6) is 0.346. The van der Waals surface area contributed by atoms with E-state index in [1.807, 2.05) is 49.5 Å². The first-order chi connectivity index (χ1) is 20.8. The highest BCUT2D eigenvalue weighted by atomic mass is 32.2. The first kappa shape index (κ1) is 30.4. The molecule has 0 radical (unpaired) electrons. The van der Waals surface area contributed by atoms with Crippen molar-refractivity contribution in [3.05, 3.63) is 78.1 Å². The molecule has 0 aliphatic carbocycles. The van der Waals surface area contributed by atoms with Crippen molar-refractivity contribution >= 4 is 38.2 Å². The summed E-state index contributed by atoms with van der Waals surface area (Å²) in [6, 6.07) is 18.2. The van der Waals surface area contributed by atoms with Crippen molar-refractivity contribution in [1.29, 1.82) is 0 Å². The number of morpholine rings is 1. The number of primary sulfonamides is 1. The number of sulfonamides is 1. The number of carbonyl (C=O) groups is 1. The van der Waals surface area contributed by atoms with Crippen LogP contribution < -0.4 is 20.5 Å². The second kappa shape index (κ2) is 13.5. The number of urea groups is 1. The zero-order valence-corrected chi connectivity index (χ0v) is 25.2. The van der Waals surface area contributed by atoms with Crippen LogP contribution in [0.25, 0.3) is 21.9 Å². The number of rotatable bonds is 10. The lowest BCUT2D eigenvalue weighted by Gasteiger charge is -2.26. The SMILES string of the molecule is CCCCc1c(S(N)(=O)=O)ccc(OC)c1NC(=O)Nc1ccc(-c2ccc(CN3CCOCC3)nc2)c2ccccc12. The van der Waals surface area contributed by atoms with Gasteiger partial charge in [-0.15, -0.1) is 0 Å². The van der Waals surface area contributed by atoms with E-state index in [0.717, 1.165) is 66.9 Å². The van der Waals surface area contributed by atoms with Crippen LogP contribution >= 0.6 is 0 Å². The third kappa shape index (κ3) is 7.14. The van der Waals surface area contributed by atoms with Crippen molar-refractivity contribution in [1.82, 2.24) is 9.88 Å². The highest BCUT2D eigenvalue weighted by Crippen LogP contribution is 2.36. The molecule has 2 heterocycles. The number of hydrogen-bond acceptors (Lipinski definition) is 7. The molecule has 0 unspecified atom stereocenters. The lowest BCUT2D eigenvalue weighted by atomic mass is 9.98. The van der Waals surface area contributed by atoms with Gasteiger partial charge in [-0.2, -0.15) is 0 Å². The van der Waals surface area contributed by atoms with Gasteiger partial charge in [0.05, 0.1) is 42.3 Å². The number of anilines is 2. The van der Waals surface area contributed by atoms with Crippen molar-refractivity contribution in [2.24, 2.45) is 5.14 Å². The number of benzene rings is 3. The molecular formula is C32H37N5O5S. The monoisotopic (exact) mass is 603 g/mol.